The Hall–Kier alpha value is -1.46. The monoisotopic (exact) mass is 316 g/mol. The van der Waals surface area contributed by atoms with Crippen LogP contribution in [0.4, 0.5) is 0 Å². The molecule has 22 heavy (non-hydrogen) atoms. The smallest absolute Gasteiger partial charge is 0.282 e. The van der Waals surface area contributed by atoms with Crippen LogP contribution in [0.2, 0.25) is 0 Å². The molecule has 1 aliphatic carbocycles. The molecule has 4 nitrogen and oxygen atoms in total. The molecule has 2 atom stereocenters. The van der Waals surface area contributed by atoms with E-state index in [0.29, 0.717) is 11.6 Å². The lowest BCUT2D eigenvalue weighted by Gasteiger charge is -2.42. The van der Waals surface area contributed by atoms with Crippen molar-refractivity contribution in [1.29, 1.82) is 0 Å². The van der Waals surface area contributed by atoms with Crippen LogP contribution in [-0.2, 0) is 0 Å². The number of likely N-dealkylation sites (tertiary alicyclic amines) is 1. The summed E-state index contributed by atoms with van der Waals surface area (Å²) in [5.74, 6) is 0.0272. The fraction of sp³-hybridized carbons (Fsp3) is 0.529. The van der Waals surface area contributed by atoms with Crippen molar-refractivity contribution in [2.45, 2.75) is 38.2 Å². The number of carbonyl (C=O) groups is 1. The van der Waals surface area contributed by atoms with Gasteiger partial charge < -0.3 is 10.0 Å². The fourth-order valence-electron chi connectivity index (χ4n) is 4.03. The number of amides is 1. The molecule has 1 aromatic heterocycles. The number of benzene rings is 1. The standard InChI is InChI=1S/C17H20N2O2S/c20-14-7-3-8-17(14)9-4-10-19(11-17)16(21)15-18-12-5-1-2-6-13(12)22-15/h1-2,5-6,14,20H,3-4,7-11H2/t14-,17+/m1/s1. The second-order valence-electron chi connectivity index (χ2n) is 6.59. The van der Waals surface area contributed by atoms with Crippen LogP contribution in [0.3, 0.4) is 0 Å². The third kappa shape index (κ3) is 2.23. The molecule has 5 heteroatoms. The molecule has 1 spiro atoms. The molecule has 1 aliphatic heterocycles. The molecule has 1 saturated carbocycles. The van der Waals surface area contributed by atoms with E-state index < -0.39 is 0 Å². The average molecular weight is 316 g/mol. The van der Waals surface area contributed by atoms with Gasteiger partial charge in [-0.15, -0.1) is 11.3 Å². The van der Waals surface area contributed by atoms with Crippen molar-refractivity contribution in [1.82, 2.24) is 9.88 Å². The number of hydrogen-bond acceptors (Lipinski definition) is 4. The largest absolute Gasteiger partial charge is 0.392 e. The molecule has 1 aromatic carbocycles. The molecule has 2 aromatic rings. The molecule has 4 rings (SSSR count). The molecular weight excluding hydrogens is 296 g/mol. The Morgan fingerprint density at radius 3 is 2.91 bits per heavy atom. The Morgan fingerprint density at radius 2 is 2.14 bits per heavy atom. The van der Waals surface area contributed by atoms with Crippen LogP contribution in [0.1, 0.15) is 41.9 Å². The number of aliphatic hydroxyl groups excluding tert-OH is 1. The number of aliphatic hydroxyl groups is 1. The molecule has 0 bridgehead atoms. The maximum Gasteiger partial charge on any atom is 0.282 e. The van der Waals surface area contributed by atoms with Crippen molar-refractivity contribution >= 4 is 27.5 Å². The average Bonchev–Trinajstić information content (AvgIpc) is 3.11. The first kappa shape index (κ1) is 14.2. The van der Waals surface area contributed by atoms with Crippen LogP contribution < -0.4 is 0 Å². The van der Waals surface area contributed by atoms with Crippen molar-refractivity contribution in [2.75, 3.05) is 13.1 Å². The third-order valence-electron chi connectivity index (χ3n) is 5.23. The topological polar surface area (TPSA) is 53.4 Å². The molecule has 1 amide bonds. The van der Waals surface area contributed by atoms with Gasteiger partial charge in [-0.1, -0.05) is 18.6 Å². The van der Waals surface area contributed by atoms with Crippen LogP contribution in [0.25, 0.3) is 10.2 Å². The van der Waals surface area contributed by atoms with Gasteiger partial charge in [0.1, 0.15) is 0 Å². The van der Waals surface area contributed by atoms with E-state index in [1.807, 2.05) is 29.2 Å². The highest BCUT2D eigenvalue weighted by molar-refractivity contribution is 7.20. The van der Waals surface area contributed by atoms with Gasteiger partial charge in [0.15, 0.2) is 5.01 Å². The quantitative estimate of drug-likeness (QED) is 0.880. The van der Waals surface area contributed by atoms with E-state index in [2.05, 4.69) is 4.98 Å². The number of rotatable bonds is 1. The highest BCUT2D eigenvalue weighted by Crippen LogP contribution is 2.45. The summed E-state index contributed by atoms with van der Waals surface area (Å²) in [6, 6.07) is 7.86. The van der Waals surface area contributed by atoms with Crippen LogP contribution in [0.5, 0.6) is 0 Å². The van der Waals surface area contributed by atoms with Gasteiger partial charge in [0, 0.05) is 18.5 Å². The molecule has 1 N–H and O–H groups in total. The van der Waals surface area contributed by atoms with Crippen molar-refractivity contribution in [2.24, 2.45) is 5.41 Å². The maximum absolute atomic E-state index is 12.8. The Kier molecular flexibility index (Phi) is 3.42. The summed E-state index contributed by atoms with van der Waals surface area (Å²) in [5, 5.41) is 10.9. The first-order chi connectivity index (χ1) is 10.7. The van der Waals surface area contributed by atoms with Gasteiger partial charge in [-0.2, -0.15) is 0 Å². The van der Waals surface area contributed by atoms with E-state index in [1.54, 1.807) is 0 Å². The predicted octanol–water partition coefficient (Wildman–Crippen LogP) is 3.06. The van der Waals surface area contributed by atoms with Crippen LogP contribution in [-0.4, -0.2) is 40.1 Å². The van der Waals surface area contributed by atoms with Gasteiger partial charge in [-0.3, -0.25) is 4.79 Å². The lowest BCUT2D eigenvalue weighted by molar-refractivity contribution is -0.00536. The van der Waals surface area contributed by atoms with Gasteiger partial charge in [-0.25, -0.2) is 4.98 Å². The number of fused-ring (bicyclic) bond motifs is 1. The minimum Gasteiger partial charge on any atom is -0.392 e. The molecule has 2 aliphatic rings. The summed E-state index contributed by atoms with van der Waals surface area (Å²) in [4.78, 5) is 19.2. The number of nitrogens with zero attached hydrogens (tertiary/aromatic N) is 2. The molecule has 0 radical (unpaired) electrons. The van der Waals surface area contributed by atoms with Crippen molar-refractivity contribution < 1.29 is 9.90 Å². The maximum atomic E-state index is 12.8. The van der Waals surface area contributed by atoms with E-state index in [-0.39, 0.29) is 17.4 Å². The van der Waals surface area contributed by atoms with E-state index in [4.69, 9.17) is 0 Å². The van der Waals surface area contributed by atoms with Crippen LogP contribution in [0, 0.1) is 5.41 Å². The fourth-order valence-corrected chi connectivity index (χ4v) is 4.96. The van der Waals surface area contributed by atoms with Gasteiger partial charge >= 0.3 is 0 Å². The Balaban J connectivity index is 1.59. The highest BCUT2D eigenvalue weighted by atomic mass is 32.1. The van der Waals surface area contributed by atoms with Crippen molar-refractivity contribution in [3.05, 3.63) is 29.3 Å². The molecule has 0 unspecified atom stereocenters. The molecule has 2 heterocycles. The normalized spacial score (nSPS) is 28.6. The number of aromatic nitrogens is 1. The van der Waals surface area contributed by atoms with E-state index in [9.17, 15) is 9.90 Å². The van der Waals surface area contributed by atoms with E-state index in [1.165, 1.54) is 11.3 Å². The number of carbonyl (C=O) groups excluding carboxylic acids is 1. The first-order valence-corrected chi connectivity index (χ1v) is 8.83. The van der Waals surface area contributed by atoms with Crippen LogP contribution in [0.15, 0.2) is 24.3 Å². The van der Waals surface area contributed by atoms with Gasteiger partial charge in [-0.05, 0) is 37.8 Å². The number of thiazole rings is 1. The summed E-state index contributed by atoms with van der Waals surface area (Å²) in [6.07, 6.45) is 4.76. The Bertz CT molecular complexity index is 681. The second-order valence-corrected chi connectivity index (χ2v) is 7.62. The highest BCUT2D eigenvalue weighted by Gasteiger charge is 2.45. The SMILES string of the molecule is O=C(c1nc2ccccc2s1)N1CCC[C@@]2(CCC[C@H]2O)C1. The zero-order valence-electron chi connectivity index (χ0n) is 12.5. The van der Waals surface area contributed by atoms with Crippen LogP contribution >= 0.6 is 11.3 Å². The number of hydrogen-bond donors (Lipinski definition) is 1. The number of piperidine rings is 1. The summed E-state index contributed by atoms with van der Waals surface area (Å²) < 4.78 is 1.05. The summed E-state index contributed by atoms with van der Waals surface area (Å²) in [5.41, 5.74) is 0.827. The third-order valence-corrected chi connectivity index (χ3v) is 6.26. The molecule has 2 fully saturated rings. The first-order valence-electron chi connectivity index (χ1n) is 8.01. The zero-order chi connectivity index (χ0) is 15.2. The minimum absolute atomic E-state index is 0.0272. The predicted molar refractivity (Wildman–Crippen MR) is 87.0 cm³/mol. The van der Waals surface area contributed by atoms with Crippen molar-refractivity contribution in [3.63, 3.8) is 0 Å². The second kappa shape index (κ2) is 5.32. The number of para-hydroxylation sites is 1. The molecular formula is C17H20N2O2S. The van der Waals surface area contributed by atoms with Gasteiger partial charge in [0.2, 0.25) is 0 Å². The summed E-state index contributed by atoms with van der Waals surface area (Å²) in [6.45, 7) is 1.46. The molecule has 116 valence electrons. The van der Waals surface area contributed by atoms with Gasteiger partial charge in [0.25, 0.3) is 5.91 Å². The Morgan fingerprint density at radius 1 is 1.32 bits per heavy atom. The van der Waals surface area contributed by atoms with E-state index in [0.717, 1.165) is 48.9 Å². The minimum atomic E-state index is -0.251. The summed E-state index contributed by atoms with van der Waals surface area (Å²) >= 11 is 1.47. The lowest BCUT2D eigenvalue weighted by Crippen LogP contribution is -2.49. The Labute approximate surface area is 133 Å². The summed E-state index contributed by atoms with van der Waals surface area (Å²) in [7, 11) is 0. The van der Waals surface area contributed by atoms with E-state index >= 15 is 0 Å². The zero-order valence-corrected chi connectivity index (χ0v) is 13.3. The molecule has 1 saturated heterocycles. The van der Waals surface area contributed by atoms with Gasteiger partial charge in [0.05, 0.1) is 16.3 Å². The van der Waals surface area contributed by atoms with Crippen molar-refractivity contribution in [3.8, 4) is 0 Å². The lowest BCUT2D eigenvalue weighted by atomic mass is 9.76.